The summed E-state index contributed by atoms with van der Waals surface area (Å²) < 4.78 is 18.6. The Hall–Kier alpha value is -2.32. The number of benzene rings is 1. The Balaban J connectivity index is 1.49. The molecule has 0 radical (unpaired) electrons. The highest BCUT2D eigenvalue weighted by Crippen LogP contribution is 2.20. The lowest BCUT2D eigenvalue weighted by Crippen LogP contribution is -2.52. The molecule has 0 bridgehead atoms. The molecule has 0 saturated carbocycles. The van der Waals surface area contributed by atoms with Gasteiger partial charge in [-0.2, -0.15) is 4.98 Å². The van der Waals surface area contributed by atoms with Crippen LogP contribution in [0.5, 0.6) is 0 Å². The molecule has 0 aliphatic carbocycles. The number of aromatic nitrogens is 2. The number of hydrogen-bond acceptors (Lipinski definition) is 6. The summed E-state index contributed by atoms with van der Waals surface area (Å²) in [6.07, 6.45) is 0. The Morgan fingerprint density at radius 2 is 2.00 bits per heavy atom. The molecule has 1 aromatic carbocycles. The second-order valence-corrected chi connectivity index (χ2v) is 8.25. The normalized spacial score (nSPS) is 17.5. The molecule has 2 aromatic rings. The first-order valence-corrected chi connectivity index (χ1v) is 9.58. The molecule has 1 N–H and O–H groups in total. The molecule has 1 aliphatic rings. The lowest BCUT2D eigenvalue weighted by molar-refractivity contribution is -0.121. The van der Waals surface area contributed by atoms with Gasteiger partial charge in [0.1, 0.15) is 5.82 Å². The number of nitrogens with zero attached hydrogens (tertiary/aromatic N) is 4. The molecule has 0 unspecified atom stereocenters. The molecule has 1 saturated heterocycles. The van der Waals surface area contributed by atoms with Crippen molar-refractivity contribution in [3.8, 4) is 0 Å². The van der Waals surface area contributed by atoms with Gasteiger partial charge in [-0.25, -0.2) is 4.39 Å². The molecule has 28 heavy (non-hydrogen) atoms. The van der Waals surface area contributed by atoms with E-state index in [0.717, 1.165) is 26.2 Å². The van der Waals surface area contributed by atoms with E-state index in [1.54, 1.807) is 12.1 Å². The number of rotatable bonds is 5. The molecule has 1 fully saturated rings. The number of carbonyl (C=O) groups is 1. The van der Waals surface area contributed by atoms with Gasteiger partial charge in [0.2, 0.25) is 11.8 Å². The van der Waals surface area contributed by atoms with Crippen molar-refractivity contribution in [1.82, 2.24) is 19.9 Å². The third-order valence-electron chi connectivity index (χ3n) is 4.90. The lowest BCUT2D eigenvalue weighted by Gasteiger charge is -2.36. The van der Waals surface area contributed by atoms with Gasteiger partial charge in [-0.05, 0) is 25.1 Å². The maximum Gasteiger partial charge on any atom is 0.241 e. The standard InChI is InChI=1S/C20H28FN5O2/c1-14(18(27)22-16-7-5-6-15(21)12-16)26-10-8-25(9-11-26)13-17-23-19(28-24-17)20(2,3)4/h5-7,12,14H,8-11,13H2,1-4H3,(H,22,27)/t14-/m1/s1. The van der Waals surface area contributed by atoms with Crippen molar-refractivity contribution in [3.05, 3.63) is 41.8 Å². The molecule has 7 nitrogen and oxygen atoms in total. The van der Waals surface area contributed by atoms with Crippen molar-refractivity contribution in [2.45, 2.75) is 45.7 Å². The fourth-order valence-corrected chi connectivity index (χ4v) is 3.11. The predicted octanol–water partition coefficient (Wildman–Crippen LogP) is 2.65. The molecular weight excluding hydrogens is 361 g/mol. The Morgan fingerprint density at radius 1 is 1.29 bits per heavy atom. The Labute approximate surface area is 164 Å². The monoisotopic (exact) mass is 389 g/mol. The molecule has 1 aliphatic heterocycles. The third kappa shape index (κ3) is 5.14. The van der Waals surface area contributed by atoms with Gasteiger partial charge in [-0.3, -0.25) is 14.6 Å². The topological polar surface area (TPSA) is 74.5 Å². The summed E-state index contributed by atoms with van der Waals surface area (Å²) in [5.41, 5.74) is 0.316. The third-order valence-corrected chi connectivity index (χ3v) is 4.90. The van der Waals surface area contributed by atoms with E-state index in [1.165, 1.54) is 12.1 Å². The van der Waals surface area contributed by atoms with Crippen LogP contribution in [0.25, 0.3) is 0 Å². The minimum atomic E-state index is -0.366. The van der Waals surface area contributed by atoms with E-state index in [0.29, 0.717) is 23.9 Å². The van der Waals surface area contributed by atoms with E-state index in [9.17, 15) is 9.18 Å². The van der Waals surface area contributed by atoms with E-state index in [1.807, 2.05) is 27.7 Å². The Bertz CT molecular complexity index is 809. The first kappa shape index (κ1) is 20.4. The molecule has 0 spiro atoms. The summed E-state index contributed by atoms with van der Waals surface area (Å²) in [5.74, 6) is 0.834. The van der Waals surface area contributed by atoms with E-state index in [-0.39, 0.29) is 23.2 Å². The Morgan fingerprint density at radius 3 is 2.61 bits per heavy atom. The smallest absolute Gasteiger partial charge is 0.241 e. The van der Waals surface area contributed by atoms with Crippen LogP contribution in [0.4, 0.5) is 10.1 Å². The SMILES string of the molecule is C[C@H](C(=O)Nc1cccc(F)c1)N1CCN(Cc2noc(C(C)(C)C)n2)CC1. The highest BCUT2D eigenvalue weighted by atomic mass is 19.1. The maximum atomic E-state index is 13.3. The van der Waals surface area contributed by atoms with Crippen molar-refractivity contribution < 1.29 is 13.7 Å². The van der Waals surface area contributed by atoms with Crippen LogP contribution in [-0.4, -0.2) is 58.1 Å². The number of anilines is 1. The van der Waals surface area contributed by atoms with Gasteiger partial charge >= 0.3 is 0 Å². The Kier molecular flexibility index (Phi) is 6.10. The van der Waals surface area contributed by atoms with Crippen LogP contribution in [0.2, 0.25) is 0 Å². The van der Waals surface area contributed by atoms with Crippen LogP contribution in [-0.2, 0) is 16.8 Å². The quantitative estimate of drug-likeness (QED) is 0.847. The number of nitrogens with one attached hydrogen (secondary N) is 1. The van der Waals surface area contributed by atoms with E-state index in [4.69, 9.17) is 4.52 Å². The molecule has 8 heteroatoms. The van der Waals surface area contributed by atoms with Crippen LogP contribution < -0.4 is 5.32 Å². The fraction of sp³-hybridized carbons (Fsp3) is 0.550. The van der Waals surface area contributed by atoms with Gasteiger partial charge in [0.15, 0.2) is 5.82 Å². The summed E-state index contributed by atoms with van der Waals surface area (Å²) in [6, 6.07) is 5.65. The highest BCUT2D eigenvalue weighted by molar-refractivity contribution is 5.94. The second-order valence-electron chi connectivity index (χ2n) is 8.25. The summed E-state index contributed by atoms with van der Waals surface area (Å²) in [7, 11) is 0. The second kappa shape index (κ2) is 8.36. The number of halogens is 1. The average Bonchev–Trinajstić information content (AvgIpc) is 3.11. The summed E-state index contributed by atoms with van der Waals surface area (Å²) in [4.78, 5) is 21.3. The first-order valence-electron chi connectivity index (χ1n) is 9.58. The summed E-state index contributed by atoms with van der Waals surface area (Å²) in [5, 5.41) is 6.86. The van der Waals surface area contributed by atoms with Gasteiger partial charge in [0.05, 0.1) is 12.6 Å². The van der Waals surface area contributed by atoms with Crippen molar-refractivity contribution in [2.75, 3.05) is 31.5 Å². The van der Waals surface area contributed by atoms with Crippen LogP contribution in [0.15, 0.2) is 28.8 Å². The van der Waals surface area contributed by atoms with Gasteiger partial charge in [0, 0.05) is 37.3 Å². The van der Waals surface area contributed by atoms with Gasteiger partial charge in [-0.15, -0.1) is 0 Å². The highest BCUT2D eigenvalue weighted by Gasteiger charge is 2.27. The zero-order valence-corrected chi connectivity index (χ0v) is 16.9. The van der Waals surface area contributed by atoms with Gasteiger partial charge < -0.3 is 9.84 Å². The number of amides is 1. The van der Waals surface area contributed by atoms with E-state index >= 15 is 0 Å². The average molecular weight is 389 g/mol. The van der Waals surface area contributed by atoms with Crippen molar-refractivity contribution >= 4 is 11.6 Å². The van der Waals surface area contributed by atoms with Crippen LogP contribution in [0.3, 0.4) is 0 Å². The lowest BCUT2D eigenvalue weighted by atomic mass is 9.97. The van der Waals surface area contributed by atoms with Crippen molar-refractivity contribution in [2.24, 2.45) is 0 Å². The van der Waals surface area contributed by atoms with E-state index in [2.05, 4.69) is 25.3 Å². The summed E-state index contributed by atoms with van der Waals surface area (Å²) >= 11 is 0. The van der Waals surface area contributed by atoms with Gasteiger partial charge in [-0.1, -0.05) is 32.0 Å². The number of carbonyl (C=O) groups excluding carboxylic acids is 1. The molecule has 152 valence electrons. The minimum Gasteiger partial charge on any atom is -0.339 e. The van der Waals surface area contributed by atoms with E-state index < -0.39 is 0 Å². The fourth-order valence-electron chi connectivity index (χ4n) is 3.11. The minimum absolute atomic E-state index is 0.132. The molecule has 3 rings (SSSR count). The summed E-state index contributed by atoms with van der Waals surface area (Å²) in [6.45, 7) is 11.8. The van der Waals surface area contributed by atoms with Crippen molar-refractivity contribution in [1.29, 1.82) is 0 Å². The molecule has 1 atom stereocenters. The number of piperazine rings is 1. The largest absolute Gasteiger partial charge is 0.339 e. The first-order chi connectivity index (χ1) is 13.2. The van der Waals surface area contributed by atoms with Crippen molar-refractivity contribution in [3.63, 3.8) is 0 Å². The van der Waals surface area contributed by atoms with Crippen LogP contribution in [0, 0.1) is 5.82 Å². The number of hydrogen-bond donors (Lipinski definition) is 1. The molecule has 2 heterocycles. The van der Waals surface area contributed by atoms with Gasteiger partial charge in [0.25, 0.3) is 0 Å². The maximum absolute atomic E-state index is 13.3. The zero-order valence-electron chi connectivity index (χ0n) is 16.9. The molecule has 1 aromatic heterocycles. The molecular formula is C20H28FN5O2. The molecule has 1 amide bonds. The van der Waals surface area contributed by atoms with Crippen LogP contribution in [0.1, 0.15) is 39.4 Å². The van der Waals surface area contributed by atoms with Crippen LogP contribution >= 0.6 is 0 Å². The predicted molar refractivity (Wildman–Crippen MR) is 104 cm³/mol. The zero-order chi connectivity index (χ0) is 20.3.